The average molecular weight is 378 g/mol. The summed E-state index contributed by atoms with van der Waals surface area (Å²) >= 11 is 0. The van der Waals surface area contributed by atoms with Crippen molar-refractivity contribution in [3.63, 3.8) is 0 Å². The summed E-state index contributed by atoms with van der Waals surface area (Å²) in [6.07, 6.45) is 0. The molecule has 0 fully saturated rings. The van der Waals surface area contributed by atoms with Gasteiger partial charge in [0, 0.05) is 26.2 Å². The molecule has 0 aliphatic carbocycles. The van der Waals surface area contributed by atoms with Gasteiger partial charge >= 0.3 is 32.7 Å². The van der Waals surface area contributed by atoms with Crippen LogP contribution in [0.15, 0.2) is 0 Å². The number of rotatable bonds is 4. The summed E-state index contributed by atoms with van der Waals surface area (Å²) in [7, 11) is 0. The Morgan fingerprint density at radius 1 is 0.700 bits per heavy atom. The topological polar surface area (TPSA) is 263 Å². The zero-order chi connectivity index (χ0) is 16.3. The van der Waals surface area contributed by atoms with E-state index in [1.54, 1.807) is 0 Å². The molecule has 5 N–H and O–H groups in total. The molecule has 0 saturated carbocycles. The van der Waals surface area contributed by atoms with Gasteiger partial charge in [-0.15, -0.1) is 0 Å². The van der Waals surface area contributed by atoms with Crippen LogP contribution < -0.4 is 16.8 Å². The summed E-state index contributed by atoms with van der Waals surface area (Å²) in [6, 6.07) is 0. The molecule has 0 aromatic heterocycles. The van der Waals surface area contributed by atoms with Crippen molar-refractivity contribution in [3.8, 4) is 0 Å². The minimum Gasteiger partial charge on any atom is -0.356 e. The third kappa shape index (κ3) is 603. The first-order chi connectivity index (χ1) is 8.61. The van der Waals surface area contributed by atoms with Gasteiger partial charge in [-0.1, -0.05) is 0 Å². The van der Waals surface area contributed by atoms with E-state index in [0.29, 0.717) is 13.1 Å². The van der Waals surface area contributed by atoms with E-state index >= 15 is 0 Å². The van der Waals surface area contributed by atoms with Crippen molar-refractivity contribution < 1.29 is 48.0 Å². The van der Waals surface area contributed by atoms with Crippen LogP contribution in [0.3, 0.4) is 0 Å². The van der Waals surface area contributed by atoms with Gasteiger partial charge in [-0.05, 0) is 0 Å². The Hall–Kier alpha value is -1.42. The Morgan fingerprint density at radius 2 is 0.850 bits per heavy atom. The number of nitrogens with zero attached hydrogens (tertiary/aromatic N) is 3. The minimum atomic E-state index is -1.75. The quantitative estimate of drug-likeness (QED) is 0.266. The number of hydrogen-bond acceptors (Lipinski definition) is 12. The van der Waals surface area contributed by atoms with Crippen molar-refractivity contribution in [2.45, 2.75) is 0 Å². The molecule has 0 aliphatic rings. The first kappa shape index (κ1) is 31.1. The molecule has 0 atom stereocenters. The van der Waals surface area contributed by atoms with Crippen LogP contribution in [0.5, 0.6) is 0 Å². The molecule has 0 bridgehead atoms. The van der Waals surface area contributed by atoms with Crippen molar-refractivity contribution in [1.29, 1.82) is 0 Å². The molecule has 0 saturated heterocycles. The SMILES string of the molecule is NCCNCCN.O=[N+]([O-])[O-].O=[N+]([O-])[O-].O=[N+]([O-])[O-].[Y+3]. The van der Waals surface area contributed by atoms with Gasteiger partial charge < -0.3 is 62.7 Å². The second-order valence-electron chi connectivity index (χ2n) is 2.00. The van der Waals surface area contributed by atoms with Crippen molar-refractivity contribution in [2.75, 3.05) is 26.2 Å². The van der Waals surface area contributed by atoms with Gasteiger partial charge in [0.25, 0.3) is 0 Å². The van der Waals surface area contributed by atoms with E-state index in [9.17, 15) is 0 Å². The van der Waals surface area contributed by atoms with E-state index in [1.165, 1.54) is 0 Å². The minimum absolute atomic E-state index is 0. The first-order valence-corrected chi connectivity index (χ1v) is 4.17. The molecule has 0 aliphatic heterocycles. The van der Waals surface area contributed by atoms with Crippen LogP contribution in [-0.4, -0.2) is 41.4 Å². The molecular formula is C4H13N6O9Y. The molecule has 0 radical (unpaired) electrons. The monoisotopic (exact) mass is 378 g/mol. The van der Waals surface area contributed by atoms with Gasteiger partial charge in [0.15, 0.2) is 0 Å². The molecule has 0 rings (SSSR count). The van der Waals surface area contributed by atoms with Gasteiger partial charge in [-0.2, -0.15) is 0 Å². The predicted molar refractivity (Wildman–Crippen MR) is 62.1 cm³/mol. The number of nitrogens with two attached hydrogens (primary N) is 2. The van der Waals surface area contributed by atoms with E-state index in [0.717, 1.165) is 13.1 Å². The van der Waals surface area contributed by atoms with E-state index in [4.69, 9.17) is 57.4 Å². The largest absolute Gasteiger partial charge is 3.00 e. The fraction of sp³-hybridized carbons (Fsp3) is 1.00. The molecule has 0 heterocycles. The Balaban J connectivity index is -0.0000000512. The second kappa shape index (κ2) is 30.5. The molecule has 0 unspecified atom stereocenters. The average Bonchev–Trinajstić information content (AvgIpc) is 2.15. The summed E-state index contributed by atoms with van der Waals surface area (Å²) < 4.78 is 0. The Morgan fingerprint density at radius 3 is 0.950 bits per heavy atom. The van der Waals surface area contributed by atoms with Crippen molar-refractivity contribution in [1.82, 2.24) is 5.32 Å². The summed E-state index contributed by atoms with van der Waals surface area (Å²) in [5.74, 6) is 0. The van der Waals surface area contributed by atoms with Crippen LogP contribution in [0.4, 0.5) is 0 Å². The molecule has 0 spiro atoms. The van der Waals surface area contributed by atoms with Gasteiger partial charge in [0.05, 0.1) is 15.3 Å². The van der Waals surface area contributed by atoms with Crippen LogP contribution in [0.2, 0.25) is 0 Å². The van der Waals surface area contributed by atoms with E-state index < -0.39 is 15.3 Å². The third-order valence-corrected chi connectivity index (χ3v) is 0.642. The second-order valence-corrected chi connectivity index (χ2v) is 2.00. The molecule has 20 heavy (non-hydrogen) atoms. The van der Waals surface area contributed by atoms with Crippen LogP contribution >= 0.6 is 0 Å². The first-order valence-electron chi connectivity index (χ1n) is 4.17. The molecule has 0 amide bonds. The molecule has 0 aromatic rings. The fourth-order valence-corrected chi connectivity index (χ4v) is 0.329. The smallest absolute Gasteiger partial charge is 0.356 e. The van der Waals surface area contributed by atoms with E-state index in [2.05, 4.69) is 5.32 Å². The van der Waals surface area contributed by atoms with Gasteiger partial charge in [-0.3, -0.25) is 0 Å². The van der Waals surface area contributed by atoms with Crippen molar-refractivity contribution in [2.24, 2.45) is 11.5 Å². The maximum Gasteiger partial charge on any atom is 3.00 e. The fourth-order valence-electron chi connectivity index (χ4n) is 0.329. The van der Waals surface area contributed by atoms with Gasteiger partial charge in [0.2, 0.25) is 0 Å². The maximum absolute atomic E-state index is 8.25. The molecule has 15 nitrogen and oxygen atoms in total. The standard InChI is InChI=1S/C4H13N3.3NO3.Y/c5-1-3-7-4-2-6;3*2-1(3)4;/h7H,1-6H2;;;;/q;3*-1;+3. The molecule has 116 valence electrons. The summed E-state index contributed by atoms with van der Waals surface area (Å²) in [5, 5.41) is 47.3. The van der Waals surface area contributed by atoms with Crippen LogP contribution in [0.1, 0.15) is 0 Å². The summed E-state index contributed by atoms with van der Waals surface area (Å²) in [4.78, 5) is 24.8. The third-order valence-electron chi connectivity index (χ3n) is 0.642. The zero-order valence-electron chi connectivity index (χ0n) is 10.1. The van der Waals surface area contributed by atoms with Crippen molar-refractivity contribution >= 4 is 0 Å². The normalized spacial score (nSPS) is 6.90. The van der Waals surface area contributed by atoms with E-state index in [-0.39, 0.29) is 32.7 Å². The molecule has 16 heteroatoms. The Bertz CT molecular complexity index is 186. The van der Waals surface area contributed by atoms with Crippen LogP contribution in [-0.2, 0) is 32.7 Å². The number of hydrogen-bond donors (Lipinski definition) is 3. The van der Waals surface area contributed by atoms with Gasteiger partial charge in [-0.25, -0.2) is 0 Å². The molecular weight excluding hydrogens is 365 g/mol. The summed E-state index contributed by atoms with van der Waals surface area (Å²) in [5.41, 5.74) is 10.3. The zero-order valence-corrected chi connectivity index (χ0v) is 12.9. The number of nitrogens with one attached hydrogen (secondary N) is 1. The van der Waals surface area contributed by atoms with Crippen molar-refractivity contribution in [3.05, 3.63) is 46.0 Å². The van der Waals surface area contributed by atoms with Crippen LogP contribution in [0, 0.1) is 46.0 Å². The summed E-state index contributed by atoms with van der Waals surface area (Å²) in [6.45, 7) is 3.13. The predicted octanol–water partition coefficient (Wildman–Crippen LogP) is -2.23. The Labute approximate surface area is 137 Å². The van der Waals surface area contributed by atoms with Gasteiger partial charge in [0.1, 0.15) is 0 Å². The van der Waals surface area contributed by atoms with E-state index in [1.807, 2.05) is 0 Å². The molecule has 0 aromatic carbocycles. The Kier molecular flexibility index (Phi) is 47.5. The van der Waals surface area contributed by atoms with Crippen LogP contribution in [0.25, 0.3) is 0 Å². The maximum atomic E-state index is 8.25.